The molecule has 2 fully saturated rings. The van der Waals surface area contributed by atoms with Crippen molar-refractivity contribution >= 4 is 17.5 Å². The molecule has 5 nitrogen and oxygen atoms in total. The highest BCUT2D eigenvalue weighted by molar-refractivity contribution is 5.92. The Balaban J connectivity index is 1.45. The molecule has 2 aliphatic rings. The summed E-state index contributed by atoms with van der Waals surface area (Å²) in [5.41, 5.74) is -0.433. The van der Waals surface area contributed by atoms with E-state index < -0.39 is 17.8 Å². The van der Waals surface area contributed by atoms with E-state index in [9.17, 15) is 22.8 Å². The summed E-state index contributed by atoms with van der Waals surface area (Å²) >= 11 is 0. The van der Waals surface area contributed by atoms with E-state index in [1.54, 1.807) is 0 Å². The standard InChI is InChI=1S/C23H32F3N3O2/c1-4-22(2,3)28-19(30)12-29-13-23(14-29)7-5-15(6-8-23)21(31)27-18-10-16(20(25)26)9-17(24)11-18/h9-11,15,20H,4-8,12-14H2,1-3H3,(H,27,31)(H,28,30). The molecule has 3 rings (SSSR count). The molecule has 1 saturated carbocycles. The van der Waals surface area contributed by atoms with Crippen molar-refractivity contribution in [3.63, 3.8) is 0 Å². The zero-order valence-electron chi connectivity index (χ0n) is 18.4. The van der Waals surface area contributed by atoms with E-state index in [2.05, 4.69) is 15.5 Å². The van der Waals surface area contributed by atoms with Crippen LogP contribution >= 0.6 is 0 Å². The van der Waals surface area contributed by atoms with Gasteiger partial charge in [-0.1, -0.05) is 6.92 Å². The average Bonchev–Trinajstić information content (AvgIpc) is 2.66. The predicted octanol–water partition coefficient (Wildman–Crippen LogP) is 4.50. The molecule has 1 aromatic rings. The number of benzene rings is 1. The van der Waals surface area contributed by atoms with Gasteiger partial charge in [0.1, 0.15) is 5.82 Å². The van der Waals surface area contributed by atoms with E-state index in [4.69, 9.17) is 0 Å². The number of rotatable bonds is 7. The highest BCUT2D eigenvalue weighted by Gasteiger charge is 2.46. The second-order valence-corrected chi connectivity index (χ2v) is 9.77. The molecule has 8 heteroatoms. The van der Waals surface area contributed by atoms with E-state index >= 15 is 0 Å². The molecule has 2 amide bonds. The van der Waals surface area contributed by atoms with Gasteiger partial charge >= 0.3 is 0 Å². The third-order valence-corrected chi connectivity index (χ3v) is 6.70. The molecule has 0 bridgehead atoms. The number of nitrogens with one attached hydrogen (secondary N) is 2. The number of halogens is 3. The lowest BCUT2D eigenvalue weighted by Gasteiger charge is -2.53. The zero-order valence-corrected chi connectivity index (χ0v) is 18.4. The predicted molar refractivity (Wildman–Crippen MR) is 113 cm³/mol. The van der Waals surface area contributed by atoms with Gasteiger partial charge in [-0.25, -0.2) is 13.2 Å². The largest absolute Gasteiger partial charge is 0.350 e. The van der Waals surface area contributed by atoms with Crippen LogP contribution in [-0.2, 0) is 9.59 Å². The van der Waals surface area contributed by atoms with Crippen LogP contribution in [0.5, 0.6) is 0 Å². The lowest BCUT2D eigenvalue weighted by Crippen LogP contribution is -2.60. The van der Waals surface area contributed by atoms with Crippen molar-refractivity contribution in [3.05, 3.63) is 29.6 Å². The van der Waals surface area contributed by atoms with Gasteiger partial charge in [0.15, 0.2) is 0 Å². The molecular formula is C23H32F3N3O2. The topological polar surface area (TPSA) is 61.4 Å². The van der Waals surface area contributed by atoms with Crippen molar-refractivity contribution in [2.45, 2.75) is 64.8 Å². The lowest BCUT2D eigenvalue weighted by molar-refractivity contribution is -0.129. The van der Waals surface area contributed by atoms with Crippen molar-refractivity contribution in [1.29, 1.82) is 0 Å². The van der Waals surface area contributed by atoms with Crippen molar-refractivity contribution in [2.24, 2.45) is 11.3 Å². The Morgan fingerprint density at radius 3 is 2.42 bits per heavy atom. The quantitative estimate of drug-likeness (QED) is 0.658. The van der Waals surface area contributed by atoms with Crippen LogP contribution in [0.2, 0.25) is 0 Å². The monoisotopic (exact) mass is 439 g/mol. The first-order valence-corrected chi connectivity index (χ1v) is 10.9. The molecule has 2 N–H and O–H groups in total. The smallest absolute Gasteiger partial charge is 0.264 e. The molecule has 1 aliphatic carbocycles. The number of likely N-dealkylation sites (tertiary alicyclic amines) is 1. The summed E-state index contributed by atoms with van der Waals surface area (Å²) in [4.78, 5) is 26.9. The minimum atomic E-state index is -2.79. The number of alkyl halides is 2. The second-order valence-electron chi connectivity index (χ2n) is 9.77. The number of carbonyl (C=O) groups is 2. The summed E-state index contributed by atoms with van der Waals surface area (Å²) < 4.78 is 39.3. The van der Waals surface area contributed by atoms with E-state index in [0.717, 1.165) is 50.6 Å². The van der Waals surface area contributed by atoms with Crippen LogP contribution in [0.4, 0.5) is 18.9 Å². The Hall–Kier alpha value is -2.09. The number of hydrogen-bond donors (Lipinski definition) is 2. The van der Waals surface area contributed by atoms with Gasteiger partial charge in [0.2, 0.25) is 11.8 Å². The molecule has 0 unspecified atom stereocenters. The number of anilines is 1. The van der Waals surface area contributed by atoms with Crippen LogP contribution in [-0.4, -0.2) is 41.9 Å². The molecule has 1 saturated heterocycles. The average molecular weight is 440 g/mol. The third-order valence-electron chi connectivity index (χ3n) is 6.70. The summed E-state index contributed by atoms with van der Waals surface area (Å²) in [6.45, 7) is 8.15. The number of hydrogen-bond acceptors (Lipinski definition) is 3. The van der Waals surface area contributed by atoms with Crippen LogP contribution in [0, 0.1) is 17.2 Å². The van der Waals surface area contributed by atoms with Gasteiger partial charge in [0.05, 0.1) is 6.54 Å². The molecule has 172 valence electrons. The Morgan fingerprint density at radius 1 is 1.19 bits per heavy atom. The summed E-state index contributed by atoms with van der Waals surface area (Å²) in [5, 5.41) is 5.65. The number of nitrogens with zero attached hydrogens (tertiary/aromatic N) is 1. The molecule has 31 heavy (non-hydrogen) atoms. The van der Waals surface area contributed by atoms with Crippen molar-refractivity contribution in [2.75, 3.05) is 25.0 Å². The van der Waals surface area contributed by atoms with Crippen molar-refractivity contribution in [3.8, 4) is 0 Å². The first kappa shape index (κ1) is 23.6. The summed E-state index contributed by atoms with van der Waals surface area (Å²) in [6, 6.07) is 2.95. The SMILES string of the molecule is CCC(C)(C)NC(=O)CN1CC2(CCC(C(=O)Nc3cc(F)cc(C(F)F)c3)CC2)C1. The fraction of sp³-hybridized carbons (Fsp3) is 0.652. The van der Waals surface area contributed by atoms with Crippen LogP contribution < -0.4 is 10.6 Å². The first-order valence-electron chi connectivity index (χ1n) is 10.9. The Labute approximate surface area is 181 Å². The van der Waals surface area contributed by atoms with Crippen LogP contribution in [0.25, 0.3) is 0 Å². The van der Waals surface area contributed by atoms with E-state index in [0.29, 0.717) is 19.4 Å². The molecule has 1 aliphatic heterocycles. The highest BCUT2D eigenvalue weighted by Crippen LogP contribution is 2.45. The van der Waals surface area contributed by atoms with Gasteiger partial charge in [-0.2, -0.15) is 0 Å². The molecule has 1 aromatic carbocycles. The van der Waals surface area contributed by atoms with Gasteiger partial charge in [-0.05, 0) is 69.6 Å². The summed E-state index contributed by atoms with van der Waals surface area (Å²) in [6.07, 6.45) is 1.24. The Morgan fingerprint density at radius 2 is 1.84 bits per heavy atom. The van der Waals surface area contributed by atoms with Crippen LogP contribution in [0.3, 0.4) is 0 Å². The van der Waals surface area contributed by atoms with Crippen LogP contribution in [0.15, 0.2) is 18.2 Å². The van der Waals surface area contributed by atoms with Crippen LogP contribution in [0.1, 0.15) is 64.9 Å². The molecule has 0 atom stereocenters. The number of amides is 2. The minimum Gasteiger partial charge on any atom is -0.350 e. The Bertz CT molecular complexity index is 812. The number of carbonyl (C=O) groups excluding carboxylic acids is 2. The first-order chi connectivity index (χ1) is 14.5. The maximum atomic E-state index is 13.6. The molecule has 0 radical (unpaired) electrons. The maximum Gasteiger partial charge on any atom is 0.264 e. The zero-order chi connectivity index (χ0) is 22.8. The summed E-state index contributed by atoms with van der Waals surface area (Å²) in [5.74, 6) is -1.23. The maximum absolute atomic E-state index is 13.6. The fourth-order valence-corrected chi connectivity index (χ4v) is 4.59. The third kappa shape index (κ3) is 5.99. The second kappa shape index (κ2) is 9.18. The minimum absolute atomic E-state index is 0.0352. The van der Waals surface area contributed by atoms with E-state index in [1.165, 1.54) is 0 Å². The van der Waals surface area contributed by atoms with Gasteiger partial charge in [-0.3, -0.25) is 14.5 Å². The molecule has 0 aromatic heterocycles. The van der Waals surface area contributed by atoms with E-state index in [-0.39, 0.29) is 34.4 Å². The Kier molecular flexibility index (Phi) is 6.98. The van der Waals surface area contributed by atoms with Gasteiger partial charge < -0.3 is 10.6 Å². The molecule has 1 heterocycles. The van der Waals surface area contributed by atoms with E-state index in [1.807, 2.05) is 20.8 Å². The van der Waals surface area contributed by atoms with Gasteiger partial charge in [0.25, 0.3) is 6.43 Å². The highest BCUT2D eigenvalue weighted by atomic mass is 19.3. The van der Waals surface area contributed by atoms with Gasteiger partial charge in [0, 0.05) is 35.8 Å². The molecule has 1 spiro atoms. The normalized spacial score (nSPS) is 19.3. The summed E-state index contributed by atoms with van der Waals surface area (Å²) in [7, 11) is 0. The lowest BCUT2D eigenvalue weighted by atomic mass is 9.65. The van der Waals surface area contributed by atoms with Crippen molar-refractivity contribution in [1.82, 2.24) is 10.2 Å². The molecular weight excluding hydrogens is 407 g/mol. The van der Waals surface area contributed by atoms with Crippen molar-refractivity contribution < 1.29 is 22.8 Å². The van der Waals surface area contributed by atoms with Gasteiger partial charge in [-0.15, -0.1) is 0 Å². The fourth-order valence-electron chi connectivity index (χ4n) is 4.59.